The van der Waals surface area contributed by atoms with Crippen molar-refractivity contribution in [1.82, 2.24) is 10.6 Å². The molecule has 0 aromatic heterocycles. The molecule has 18 heavy (non-hydrogen) atoms. The first-order valence-corrected chi connectivity index (χ1v) is 5.68. The lowest BCUT2D eigenvalue weighted by atomic mass is 10.1. The van der Waals surface area contributed by atoms with E-state index in [1.807, 2.05) is 27.0 Å². The Morgan fingerprint density at radius 3 is 2.67 bits per heavy atom. The van der Waals surface area contributed by atoms with Gasteiger partial charge in [-0.25, -0.2) is 0 Å². The summed E-state index contributed by atoms with van der Waals surface area (Å²) in [4.78, 5) is 11.9. The third kappa shape index (κ3) is 4.55. The molecule has 1 aromatic rings. The highest BCUT2D eigenvalue weighted by Gasteiger charge is 2.09. The Morgan fingerprint density at radius 2 is 2.11 bits per heavy atom. The van der Waals surface area contributed by atoms with Crippen LogP contribution in [-0.2, 0) is 0 Å². The summed E-state index contributed by atoms with van der Waals surface area (Å²) in [6, 6.07) is 5.70. The van der Waals surface area contributed by atoms with Crippen LogP contribution < -0.4 is 15.4 Å². The molecule has 1 atom stereocenters. The van der Waals surface area contributed by atoms with Crippen molar-refractivity contribution >= 4 is 18.3 Å². The largest absolute Gasteiger partial charge is 0.496 e. The third-order valence-electron chi connectivity index (χ3n) is 2.73. The van der Waals surface area contributed by atoms with E-state index >= 15 is 0 Å². The van der Waals surface area contributed by atoms with Gasteiger partial charge in [0.25, 0.3) is 5.91 Å². The Bertz CT molecular complexity index is 397. The molecule has 0 radical (unpaired) electrons. The molecule has 0 saturated heterocycles. The summed E-state index contributed by atoms with van der Waals surface area (Å²) >= 11 is 0. The van der Waals surface area contributed by atoms with Gasteiger partial charge in [0.15, 0.2) is 0 Å². The molecule has 5 heteroatoms. The van der Waals surface area contributed by atoms with E-state index < -0.39 is 0 Å². The molecular formula is C13H21ClN2O2. The highest BCUT2D eigenvalue weighted by atomic mass is 35.5. The number of hydrogen-bond acceptors (Lipinski definition) is 3. The van der Waals surface area contributed by atoms with Crippen LogP contribution >= 0.6 is 12.4 Å². The Morgan fingerprint density at radius 1 is 1.44 bits per heavy atom. The second-order valence-corrected chi connectivity index (χ2v) is 4.08. The van der Waals surface area contributed by atoms with Gasteiger partial charge in [-0.15, -0.1) is 12.4 Å². The number of benzene rings is 1. The van der Waals surface area contributed by atoms with Crippen molar-refractivity contribution in [2.24, 2.45) is 0 Å². The minimum Gasteiger partial charge on any atom is -0.496 e. The highest BCUT2D eigenvalue weighted by molar-refractivity contribution is 5.94. The van der Waals surface area contributed by atoms with E-state index in [4.69, 9.17) is 4.74 Å². The SMILES string of the molecule is CNC(C)CNC(=O)c1ccc(C)c(OC)c1.Cl. The van der Waals surface area contributed by atoms with Crippen molar-refractivity contribution in [3.8, 4) is 5.75 Å². The van der Waals surface area contributed by atoms with Crippen LogP contribution in [0.4, 0.5) is 0 Å². The first-order valence-electron chi connectivity index (χ1n) is 5.68. The zero-order chi connectivity index (χ0) is 12.8. The second-order valence-electron chi connectivity index (χ2n) is 4.08. The molecule has 2 N–H and O–H groups in total. The number of hydrogen-bond donors (Lipinski definition) is 2. The lowest BCUT2D eigenvalue weighted by Gasteiger charge is -2.12. The molecule has 1 rings (SSSR count). The minimum atomic E-state index is -0.0783. The molecule has 4 nitrogen and oxygen atoms in total. The van der Waals surface area contributed by atoms with Crippen molar-refractivity contribution < 1.29 is 9.53 Å². The van der Waals surface area contributed by atoms with E-state index in [1.54, 1.807) is 19.2 Å². The summed E-state index contributed by atoms with van der Waals surface area (Å²) in [5.41, 5.74) is 1.64. The van der Waals surface area contributed by atoms with E-state index in [0.717, 1.165) is 11.3 Å². The second kappa shape index (κ2) is 7.95. The van der Waals surface area contributed by atoms with Crippen molar-refractivity contribution in [2.75, 3.05) is 20.7 Å². The number of ether oxygens (including phenoxy) is 1. The molecule has 1 aromatic carbocycles. The molecule has 0 aliphatic heterocycles. The van der Waals surface area contributed by atoms with Crippen molar-refractivity contribution in [1.29, 1.82) is 0 Å². The molecule has 1 unspecified atom stereocenters. The lowest BCUT2D eigenvalue weighted by Crippen LogP contribution is -2.37. The van der Waals surface area contributed by atoms with E-state index in [9.17, 15) is 4.79 Å². The Kier molecular flexibility index (Phi) is 7.39. The van der Waals surface area contributed by atoms with Crippen molar-refractivity contribution in [3.05, 3.63) is 29.3 Å². The fraction of sp³-hybridized carbons (Fsp3) is 0.462. The maximum Gasteiger partial charge on any atom is 0.251 e. The number of nitrogens with one attached hydrogen (secondary N) is 2. The summed E-state index contributed by atoms with van der Waals surface area (Å²) in [7, 11) is 3.47. The zero-order valence-corrected chi connectivity index (χ0v) is 12.1. The minimum absolute atomic E-state index is 0. The monoisotopic (exact) mass is 272 g/mol. The average molecular weight is 273 g/mol. The zero-order valence-electron chi connectivity index (χ0n) is 11.2. The van der Waals surface area contributed by atoms with Gasteiger partial charge in [0, 0.05) is 18.2 Å². The van der Waals surface area contributed by atoms with Gasteiger partial charge in [0.2, 0.25) is 0 Å². The van der Waals surface area contributed by atoms with Gasteiger partial charge in [-0.05, 0) is 38.6 Å². The lowest BCUT2D eigenvalue weighted by molar-refractivity contribution is 0.0950. The van der Waals surface area contributed by atoms with Gasteiger partial charge in [-0.1, -0.05) is 6.07 Å². The number of rotatable bonds is 5. The summed E-state index contributed by atoms with van der Waals surface area (Å²) in [6.45, 7) is 4.56. The van der Waals surface area contributed by atoms with E-state index in [1.165, 1.54) is 0 Å². The predicted octanol–water partition coefficient (Wildman–Crippen LogP) is 1.76. The normalized spacial score (nSPS) is 11.3. The van der Waals surface area contributed by atoms with Crippen LogP contribution in [0.15, 0.2) is 18.2 Å². The molecule has 1 amide bonds. The number of carbonyl (C=O) groups excluding carboxylic acids is 1. The number of aryl methyl sites for hydroxylation is 1. The molecular weight excluding hydrogens is 252 g/mol. The highest BCUT2D eigenvalue weighted by Crippen LogP contribution is 2.18. The fourth-order valence-electron chi connectivity index (χ4n) is 1.41. The molecule has 0 bridgehead atoms. The number of amides is 1. The third-order valence-corrected chi connectivity index (χ3v) is 2.73. The van der Waals surface area contributed by atoms with Crippen LogP contribution in [-0.4, -0.2) is 32.7 Å². The standard InChI is InChI=1S/C13H20N2O2.ClH/c1-9-5-6-11(7-12(9)17-4)13(16)15-8-10(2)14-3;/h5-7,10,14H,8H2,1-4H3,(H,15,16);1H. The fourth-order valence-corrected chi connectivity index (χ4v) is 1.41. The number of halogens is 1. The first kappa shape index (κ1) is 16.7. The van der Waals surface area contributed by atoms with Gasteiger partial charge in [0.05, 0.1) is 7.11 Å². The van der Waals surface area contributed by atoms with Crippen LogP contribution in [0.5, 0.6) is 5.75 Å². The molecule has 0 aliphatic carbocycles. The number of likely N-dealkylation sites (N-methyl/N-ethyl adjacent to an activating group) is 1. The predicted molar refractivity (Wildman–Crippen MR) is 75.8 cm³/mol. The van der Waals surface area contributed by atoms with Crippen LogP contribution in [0, 0.1) is 6.92 Å². The maximum atomic E-state index is 11.9. The summed E-state index contributed by atoms with van der Waals surface area (Å²) < 4.78 is 5.19. The smallest absolute Gasteiger partial charge is 0.251 e. The van der Waals surface area contributed by atoms with Gasteiger partial charge in [0.1, 0.15) is 5.75 Å². The number of methoxy groups -OCH3 is 1. The first-order chi connectivity index (χ1) is 8.08. The topological polar surface area (TPSA) is 50.4 Å². The quantitative estimate of drug-likeness (QED) is 0.859. The van der Waals surface area contributed by atoms with Crippen LogP contribution in [0.25, 0.3) is 0 Å². The molecule has 0 fully saturated rings. The van der Waals surface area contributed by atoms with Gasteiger partial charge in [-0.3, -0.25) is 4.79 Å². The van der Waals surface area contributed by atoms with Gasteiger partial charge >= 0.3 is 0 Å². The summed E-state index contributed by atoms with van der Waals surface area (Å²) in [6.07, 6.45) is 0. The van der Waals surface area contributed by atoms with E-state index in [2.05, 4.69) is 10.6 Å². The van der Waals surface area contributed by atoms with Crippen LogP contribution in [0.1, 0.15) is 22.8 Å². The Labute approximate surface area is 115 Å². The van der Waals surface area contributed by atoms with Crippen LogP contribution in [0.3, 0.4) is 0 Å². The van der Waals surface area contributed by atoms with E-state index in [0.29, 0.717) is 12.1 Å². The maximum absolute atomic E-state index is 11.9. The van der Waals surface area contributed by atoms with E-state index in [-0.39, 0.29) is 24.4 Å². The summed E-state index contributed by atoms with van der Waals surface area (Å²) in [5.74, 6) is 0.657. The molecule has 102 valence electrons. The van der Waals surface area contributed by atoms with Gasteiger partial charge < -0.3 is 15.4 Å². The molecule has 0 spiro atoms. The van der Waals surface area contributed by atoms with Crippen molar-refractivity contribution in [3.63, 3.8) is 0 Å². The average Bonchev–Trinajstić information content (AvgIpc) is 2.35. The Balaban J connectivity index is 0.00000289. The number of carbonyl (C=O) groups is 1. The molecule has 0 heterocycles. The Hall–Kier alpha value is -1.26. The van der Waals surface area contributed by atoms with Gasteiger partial charge in [-0.2, -0.15) is 0 Å². The molecule has 0 saturated carbocycles. The van der Waals surface area contributed by atoms with Crippen molar-refractivity contribution in [2.45, 2.75) is 19.9 Å². The summed E-state index contributed by atoms with van der Waals surface area (Å²) in [5, 5.41) is 5.93. The molecule has 0 aliphatic rings. The van der Waals surface area contributed by atoms with Crippen LogP contribution in [0.2, 0.25) is 0 Å².